The SMILES string of the molecule is N/C(=N\OC(=O)c1ccc(Cl)cc1Cl)c1cccs1. The van der Waals surface area contributed by atoms with Crippen LogP contribution in [-0.4, -0.2) is 11.8 Å². The molecule has 0 amide bonds. The summed E-state index contributed by atoms with van der Waals surface area (Å²) >= 11 is 13.0. The molecule has 0 spiro atoms. The molecule has 0 radical (unpaired) electrons. The quantitative estimate of drug-likeness (QED) is 0.408. The Hall–Kier alpha value is -1.56. The summed E-state index contributed by atoms with van der Waals surface area (Å²) < 4.78 is 0. The second kappa shape index (κ2) is 6.06. The normalized spacial score (nSPS) is 11.4. The van der Waals surface area contributed by atoms with Crippen molar-refractivity contribution in [1.29, 1.82) is 0 Å². The minimum Gasteiger partial charge on any atom is -0.380 e. The molecule has 0 aliphatic rings. The van der Waals surface area contributed by atoms with Gasteiger partial charge in [0.2, 0.25) is 0 Å². The number of thiophene rings is 1. The lowest BCUT2D eigenvalue weighted by Crippen LogP contribution is -2.13. The van der Waals surface area contributed by atoms with Gasteiger partial charge in [0, 0.05) is 5.02 Å². The summed E-state index contributed by atoms with van der Waals surface area (Å²) in [4.78, 5) is 17.2. The lowest BCUT2D eigenvalue weighted by molar-refractivity contribution is 0.0516. The van der Waals surface area contributed by atoms with Crippen molar-refractivity contribution in [2.24, 2.45) is 10.9 Å². The third-order valence-corrected chi connectivity index (χ3v) is 3.59. The Morgan fingerprint density at radius 2 is 2.11 bits per heavy atom. The molecule has 0 aliphatic heterocycles. The molecule has 19 heavy (non-hydrogen) atoms. The number of nitrogens with zero attached hydrogens (tertiary/aromatic N) is 1. The van der Waals surface area contributed by atoms with Crippen molar-refractivity contribution in [3.63, 3.8) is 0 Å². The summed E-state index contributed by atoms with van der Waals surface area (Å²) in [6.45, 7) is 0. The van der Waals surface area contributed by atoms with E-state index in [1.807, 2.05) is 11.4 Å². The van der Waals surface area contributed by atoms with Gasteiger partial charge >= 0.3 is 5.97 Å². The minimum atomic E-state index is -0.693. The van der Waals surface area contributed by atoms with Crippen LogP contribution in [0.3, 0.4) is 0 Å². The van der Waals surface area contributed by atoms with Crippen LogP contribution in [0.5, 0.6) is 0 Å². The number of hydrogen-bond acceptors (Lipinski definition) is 4. The molecule has 1 aromatic carbocycles. The maximum atomic E-state index is 11.7. The van der Waals surface area contributed by atoms with Gasteiger partial charge in [0.1, 0.15) is 0 Å². The molecule has 2 rings (SSSR count). The molecule has 1 aromatic heterocycles. The highest BCUT2D eigenvalue weighted by Crippen LogP contribution is 2.21. The molecule has 0 saturated heterocycles. The van der Waals surface area contributed by atoms with Crippen LogP contribution < -0.4 is 5.73 Å². The Labute approximate surface area is 123 Å². The summed E-state index contributed by atoms with van der Waals surface area (Å²) in [5.41, 5.74) is 5.83. The van der Waals surface area contributed by atoms with E-state index in [-0.39, 0.29) is 16.4 Å². The van der Waals surface area contributed by atoms with Gasteiger partial charge in [-0.1, -0.05) is 34.4 Å². The Balaban J connectivity index is 2.11. The minimum absolute atomic E-state index is 0.133. The number of rotatable bonds is 3. The monoisotopic (exact) mass is 314 g/mol. The van der Waals surface area contributed by atoms with Gasteiger partial charge in [0.15, 0.2) is 5.84 Å². The summed E-state index contributed by atoms with van der Waals surface area (Å²) in [6, 6.07) is 8.04. The van der Waals surface area contributed by atoms with Crippen molar-refractivity contribution in [2.75, 3.05) is 0 Å². The Morgan fingerprint density at radius 3 is 2.74 bits per heavy atom. The summed E-state index contributed by atoms with van der Waals surface area (Å²) in [7, 11) is 0. The third-order valence-electron chi connectivity index (χ3n) is 2.15. The zero-order valence-electron chi connectivity index (χ0n) is 9.47. The van der Waals surface area contributed by atoms with Gasteiger partial charge in [-0.05, 0) is 29.6 Å². The fourth-order valence-corrected chi connectivity index (χ4v) is 2.37. The van der Waals surface area contributed by atoms with Crippen LogP contribution in [-0.2, 0) is 4.84 Å². The molecule has 4 nitrogen and oxygen atoms in total. The Kier molecular flexibility index (Phi) is 4.42. The van der Waals surface area contributed by atoms with Gasteiger partial charge in [0.25, 0.3) is 0 Å². The average Bonchev–Trinajstić information content (AvgIpc) is 2.89. The topological polar surface area (TPSA) is 64.7 Å². The van der Waals surface area contributed by atoms with Crippen LogP contribution in [0.4, 0.5) is 0 Å². The van der Waals surface area contributed by atoms with E-state index >= 15 is 0 Å². The van der Waals surface area contributed by atoms with Crippen molar-refractivity contribution in [3.8, 4) is 0 Å². The standard InChI is InChI=1S/C12H8Cl2N2O2S/c13-7-3-4-8(9(14)6-7)12(17)18-16-11(15)10-2-1-5-19-10/h1-6H,(H2,15,16). The zero-order valence-corrected chi connectivity index (χ0v) is 11.8. The fourth-order valence-electron chi connectivity index (χ4n) is 1.26. The lowest BCUT2D eigenvalue weighted by atomic mass is 10.2. The van der Waals surface area contributed by atoms with Crippen LogP contribution >= 0.6 is 34.5 Å². The predicted molar refractivity (Wildman–Crippen MR) is 76.9 cm³/mol. The molecule has 1 heterocycles. The van der Waals surface area contributed by atoms with Crippen molar-refractivity contribution in [2.45, 2.75) is 0 Å². The summed E-state index contributed by atoms with van der Waals surface area (Å²) in [6.07, 6.45) is 0. The van der Waals surface area contributed by atoms with Crippen molar-refractivity contribution in [3.05, 3.63) is 56.2 Å². The summed E-state index contributed by atoms with van der Waals surface area (Å²) in [5, 5.41) is 6.04. The Morgan fingerprint density at radius 1 is 1.32 bits per heavy atom. The largest absolute Gasteiger partial charge is 0.380 e. The van der Waals surface area contributed by atoms with E-state index in [1.165, 1.54) is 29.5 Å². The molecule has 2 aromatic rings. The first-order valence-electron chi connectivity index (χ1n) is 5.11. The van der Waals surface area contributed by atoms with Crippen LogP contribution in [0.1, 0.15) is 15.2 Å². The molecule has 0 fully saturated rings. The van der Waals surface area contributed by atoms with Crippen molar-refractivity contribution >= 4 is 46.3 Å². The highest BCUT2D eigenvalue weighted by molar-refractivity contribution is 7.12. The number of halogens is 2. The van der Waals surface area contributed by atoms with E-state index in [0.29, 0.717) is 5.02 Å². The smallest absolute Gasteiger partial charge is 0.367 e. The number of oxime groups is 1. The molecule has 0 unspecified atom stereocenters. The van der Waals surface area contributed by atoms with Crippen LogP contribution in [0.2, 0.25) is 10.0 Å². The summed E-state index contributed by atoms with van der Waals surface area (Å²) in [5.74, 6) is -0.561. The molecule has 0 saturated carbocycles. The van der Waals surface area contributed by atoms with Gasteiger partial charge in [0.05, 0.1) is 15.5 Å². The number of amidine groups is 1. The number of hydrogen-bond donors (Lipinski definition) is 1. The van der Waals surface area contributed by atoms with Gasteiger partial charge in [-0.2, -0.15) is 0 Å². The molecular formula is C12H8Cl2N2O2S. The van der Waals surface area contributed by atoms with E-state index in [9.17, 15) is 4.79 Å². The Bertz CT molecular complexity index is 627. The first-order valence-corrected chi connectivity index (χ1v) is 6.75. The van der Waals surface area contributed by atoms with Gasteiger partial charge in [-0.3, -0.25) is 0 Å². The first kappa shape index (κ1) is 13.9. The molecular weight excluding hydrogens is 307 g/mol. The third kappa shape index (κ3) is 3.47. The van der Waals surface area contributed by atoms with E-state index < -0.39 is 5.97 Å². The zero-order chi connectivity index (χ0) is 13.8. The van der Waals surface area contributed by atoms with E-state index in [4.69, 9.17) is 33.8 Å². The van der Waals surface area contributed by atoms with Gasteiger partial charge in [-0.15, -0.1) is 11.3 Å². The number of carbonyl (C=O) groups excluding carboxylic acids is 1. The highest BCUT2D eigenvalue weighted by atomic mass is 35.5. The second-order valence-corrected chi connectivity index (χ2v) is 5.25. The lowest BCUT2D eigenvalue weighted by Gasteiger charge is -2.02. The number of carbonyl (C=O) groups is 1. The van der Waals surface area contributed by atoms with Crippen LogP contribution in [0, 0.1) is 0 Å². The van der Waals surface area contributed by atoms with E-state index in [1.54, 1.807) is 6.07 Å². The molecule has 0 atom stereocenters. The number of benzene rings is 1. The number of nitrogens with two attached hydrogens (primary N) is 1. The second-order valence-electron chi connectivity index (χ2n) is 3.46. The van der Waals surface area contributed by atoms with Crippen molar-refractivity contribution in [1.82, 2.24) is 0 Å². The molecule has 98 valence electrons. The molecule has 0 aliphatic carbocycles. The predicted octanol–water partition coefficient (Wildman–Crippen LogP) is 3.53. The van der Waals surface area contributed by atoms with E-state index in [2.05, 4.69) is 5.16 Å². The van der Waals surface area contributed by atoms with Crippen LogP contribution in [0.25, 0.3) is 0 Å². The van der Waals surface area contributed by atoms with Crippen molar-refractivity contribution < 1.29 is 9.63 Å². The molecule has 2 N–H and O–H groups in total. The maximum absolute atomic E-state index is 11.7. The van der Waals surface area contributed by atoms with Gasteiger partial charge < -0.3 is 10.6 Å². The first-order chi connectivity index (χ1) is 9.08. The molecule has 7 heteroatoms. The molecule has 0 bridgehead atoms. The maximum Gasteiger partial charge on any atom is 0.367 e. The van der Waals surface area contributed by atoms with Crippen LogP contribution in [0.15, 0.2) is 40.9 Å². The highest BCUT2D eigenvalue weighted by Gasteiger charge is 2.13. The van der Waals surface area contributed by atoms with Gasteiger partial charge in [-0.25, -0.2) is 4.79 Å². The van der Waals surface area contributed by atoms with E-state index in [0.717, 1.165) is 4.88 Å². The fraction of sp³-hybridized carbons (Fsp3) is 0. The average molecular weight is 315 g/mol.